The van der Waals surface area contributed by atoms with Gasteiger partial charge in [0, 0.05) is 0 Å². The van der Waals surface area contributed by atoms with Gasteiger partial charge in [0.05, 0.1) is 15.5 Å². The highest BCUT2D eigenvalue weighted by Gasteiger charge is 2.43. The van der Waals surface area contributed by atoms with Gasteiger partial charge < -0.3 is 9.47 Å². The van der Waals surface area contributed by atoms with E-state index in [4.69, 9.17) is 9.47 Å². The summed E-state index contributed by atoms with van der Waals surface area (Å²) in [5, 5.41) is -1.04. The second-order valence-electron chi connectivity index (χ2n) is 6.89. The zero-order valence-corrected chi connectivity index (χ0v) is 17.7. The average molecular weight is 447 g/mol. The van der Waals surface area contributed by atoms with Gasteiger partial charge in [-0.15, -0.1) is 0 Å². The molecule has 1 atom stereocenters. The molecule has 0 saturated heterocycles. The van der Waals surface area contributed by atoms with Crippen molar-refractivity contribution in [2.45, 2.75) is 15.0 Å². The van der Waals surface area contributed by atoms with Crippen LogP contribution in [0.3, 0.4) is 0 Å². The Hall–Kier alpha value is -2.52. The van der Waals surface area contributed by atoms with Crippen molar-refractivity contribution < 1.29 is 27.0 Å². The summed E-state index contributed by atoms with van der Waals surface area (Å²) in [7, 11) is -6.96. The first-order valence-electron chi connectivity index (χ1n) is 9.37. The summed E-state index contributed by atoms with van der Waals surface area (Å²) >= 11 is 0. The Morgan fingerprint density at radius 3 is 2.10 bits per heavy atom. The number of rotatable bonds is 7. The molecule has 0 bridgehead atoms. The molecule has 0 spiro atoms. The van der Waals surface area contributed by atoms with Crippen molar-refractivity contribution in [3.63, 3.8) is 0 Å². The van der Waals surface area contributed by atoms with Crippen molar-refractivity contribution in [3.05, 3.63) is 84.4 Å². The maximum Gasteiger partial charge on any atom is 0.187 e. The number of sulfone groups is 1. The second-order valence-corrected chi connectivity index (χ2v) is 11.1. The molecule has 4 rings (SSSR count). The Labute approximate surface area is 177 Å². The van der Waals surface area contributed by atoms with E-state index in [-0.39, 0.29) is 22.2 Å². The van der Waals surface area contributed by atoms with E-state index >= 15 is 0 Å². The molecule has 3 aromatic carbocycles. The van der Waals surface area contributed by atoms with Crippen molar-refractivity contribution >= 4 is 20.4 Å². The van der Waals surface area contributed by atoms with E-state index in [1.165, 1.54) is 12.1 Å². The second kappa shape index (κ2) is 8.31. The highest BCUT2D eigenvalue weighted by atomic mass is 32.3. The van der Waals surface area contributed by atoms with Gasteiger partial charge in [-0.1, -0.05) is 36.4 Å². The molecular formula is C22H22O6S2. The monoisotopic (exact) mass is 446 g/mol. The third-order valence-corrected chi connectivity index (χ3v) is 9.06. The standard InChI is InChI=1S/C22H22O6S2/c23-29(24)16-22(30(25,26)19-9-5-2-6-10-19)20-15-18(11-12-21(20)29)28-14-13-27-17-7-3-1-4-8-17/h1-12,15,22-24H,13-14,16H2. The van der Waals surface area contributed by atoms with E-state index < -0.39 is 25.7 Å². The third kappa shape index (κ3) is 4.17. The fourth-order valence-corrected chi connectivity index (χ4v) is 7.82. The molecule has 158 valence electrons. The molecule has 0 aromatic heterocycles. The van der Waals surface area contributed by atoms with Gasteiger partial charge in [0.15, 0.2) is 9.84 Å². The lowest BCUT2D eigenvalue weighted by Gasteiger charge is -2.27. The smallest absolute Gasteiger partial charge is 0.187 e. The Morgan fingerprint density at radius 1 is 0.833 bits per heavy atom. The highest BCUT2D eigenvalue weighted by molar-refractivity contribution is 8.25. The van der Waals surface area contributed by atoms with Crippen molar-refractivity contribution in [2.75, 3.05) is 19.0 Å². The maximum absolute atomic E-state index is 13.1. The minimum absolute atomic E-state index is 0.153. The van der Waals surface area contributed by atoms with Crippen LogP contribution < -0.4 is 9.47 Å². The topological polar surface area (TPSA) is 93.1 Å². The van der Waals surface area contributed by atoms with Gasteiger partial charge in [0.1, 0.15) is 30.0 Å². The van der Waals surface area contributed by atoms with Crippen LogP contribution in [0.5, 0.6) is 11.5 Å². The summed E-state index contributed by atoms with van der Waals surface area (Å²) in [5.41, 5.74) is 0.375. The van der Waals surface area contributed by atoms with Gasteiger partial charge in [0.2, 0.25) is 0 Å². The molecule has 1 heterocycles. The van der Waals surface area contributed by atoms with E-state index in [0.29, 0.717) is 17.9 Å². The molecule has 0 aliphatic carbocycles. The molecule has 1 aliphatic rings. The quantitative estimate of drug-likeness (QED) is 0.507. The zero-order valence-electron chi connectivity index (χ0n) is 16.0. The van der Waals surface area contributed by atoms with E-state index in [1.807, 2.05) is 30.3 Å². The first-order chi connectivity index (χ1) is 14.4. The van der Waals surface area contributed by atoms with E-state index in [1.54, 1.807) is 36.4 Å². The summed E-state index contributed by atoms with van der Waals surface area (Å²) in [6.45, 7) is 0.585. The van der Waals surface area contributed by atoms with Crippen molar-refractivity contribution in [2.24, 2.45) is 0 Å². The highest BCUT2D eigenvalue weighted by Crippen LogP contribution is 2.61. The molecule has 3 aromatic rings. The van der Waals surface area contributed by atoms with Crippen molar-refractivity contribution in [1.29, 1.82) is 0 Å². The number of hydrogen-bond acceptors (Lipinski definition) is 6. The molecule has 0 saturated carbocycles. The molecule has 8 heteroatoms. The molecular weight excluding hydrogens is 424 g/mol. The summed E-state index contributed by atoms with van der Waals surface area (Å²) < 4.78 is 58.5. The summed E-state index contributed by atoms with van der Waals surface area (Å²) in [5.74, 6) is 0.939. The average Bonchev–Trinajstić information content (AvgIpc) is 3.04. The fraction of sp³-hybridized carbons (Fsp3) is 0.182. The van der Waals surface area contributed by atoms with Gasteiger partial charge in [-0.25, -0.2) is 8.42 Å². The number of para-hydroxylation sites is 1. The predicted molar refractivity (Wildman–Crippen MR) is 116 cm³/mol. The van der Waals surface area contributed by atoms with E-state index in [2.05, 4.69) is 0 Å². The summed E-state index contributed by atoms with van der Waals surface area (Å²) in [4.78, 5) is 0.417. The lowest BCUT2D eigenvalue weighted by molar-refractivity contribution is 0.217. The Bertz CT molecular complexity index is 1110. The van der Waals surface area contributed by atoms with E-state index in [9.17, 15) is 17.5 Å². The SMILES string of the molecule is O=S(=O)(c1ccccc1)C1CS(O)(O)c2ccc(OCCOc3ccccc3)cc21. The van der Waals surface area contributed by atoms with Crippen LogP contribution in [0.25, 0.3) is 0 Å². The molecule has 1 unspecified atom stereocenters. The molecule has 30 heavy (non-hydrogen) atoms. The van der Waals surface area contributed by atoms with Crippen LogP contribution in [0.2, 0.25) is 0 Å². The normalized spacial score (nSPS) is 18.4. The van der Waals surface area contributed by atoms with Gasteiger partial charge >= 0.3 is 0 Å². The largest absolute Gasteiger partial charge is 0.490 e. The third-order valence-electron chi connectivity index (χ3n) is 4.87. The Balaban J connectivity index is 1.53. The van der Waals surface area contributed by atoms with Crippen molar-refractivity contribution in [1.82, 2.24) is 0 Å². The first kappa shape index (κ1) is 20.7. The Kier molecular flexibility index (Phi) is 5.75. The summed E-state index contributed by atoms with van der Waals surface area (Å²) in [6, 6.07) is 22.1. The van der Waals surface area contributed by atoms with Crippen LogP contribution in [0.15, 0.2) is 88.7 Å². The molecule has 0 radical (unpaired) electrons. The maximum atomic E-state index is 13.1. The minimum atomic E-state index is -3.78. The van der Waals surface area contributed by atoms with Gasteiger partial charge in [-0.2, -0.15) is 10.6 Å². The van der Waals surface area contributed by atoms with Gasteiger partial charge in [-0.3, -0.25) is 9.11 Å². The van der Waals surface area contributed by atoms with Crippen LogP contribution in [0, 0.1) is 0 Å². The lowest BCUT2D eigenvalue weighted by atomic mass is 10.1. The number of fused-ring (bicyclic) bond motifs is 1. The number of benzene rings is 3. The number of ether oxygens (including phenoxy) is 2. The first-order valence-corrected chi connectivity index (χ1v) is 12.6. The number of hydrogen-bond donors (Lipinski definition) is 2. The Morgan fingerprint density at radius 2 is 1.43 bits per heavy atom. The van der Waals surface area contributed by atoms with Crippen LogP contribution >= 0.6 is 10.6 Å². The minimum Gasteiger partial charge on any atom is -0.490 e. The molecule has 2 N–H and O–H groups in total. The van der Waals surface area contributed by atoms with Crippen LogP contribution in [-0.2, 0) is 9.84 Å². The molecule has 0 amide bonds. The zero-order chi connectivity index (χ0) is 21.2. The van der Waals surface area contributed by atoms with Crippen LogP contribution in [-0.4, -0.2) is 36.5 Å². The summed E-state index contributed by atoms with van der Waals surface area (Å²) in [6.07, 6.45) is 0. The molecule has 6 nitrogen and oxygen atoms in total. The van der Waals surface area contributed by atoms with Crippen molar-refractivity contribution in [3.8, 4) is 11.5 Å². The van der Waals surface area contributed by atoms with E-state index in [0.717, 1.165) is 5.75 Å². The molecule has 0 fully saturated rings. The van der Waals surface area contributed by atoms with Gasteiger partial charge in [-0.05, 0) is 48.0 Å². The fourth-order valence-electron chi connectivity index (χ4n) is 3.42. The van der Waals surface area contributed by atoms with Gasteiger partial charge in [0.25, 0.3) is 0 Å². The van der Waals surface area contributed by atoms with Crippen LogP contribution in [0.1, 0.15) is 10.8 Å². The lowest BCUT2D eigenvalue weighted by Crippen LogP contribution is -2.15. The van der Waals surface area contributed by atoms with Crippen LogP contribution in [0.4, 0.5) is 0 Å². The predicted octanol–water partition coefficient (Wildman–Crippen LogP) is 4.78. The molecule has 1 aliphatic heterocycles.